The van der Waals surface area contributed by atoms with Crippen molar-refractivity contribution in [2.24, 2.45) is 0 Å². The van der Waals surface area contributed by atoms with E-state index >= 15 is 0 Å². The van der Waals surface area contributed by atoms with Crippen LogP contribution in [0.2, 0.25) is 5.02 Å². The summed E-state index contributed by atoms with van der Waals surface area (Å²) in [4.78, 5) is 2.63. The zero-order valence-electron chi connectivity index (χ0n) is 16.1. The molecule has 1 aliphatic rings. The van der Waals surface area contributed by atoms with E-state index in [4.69, 9.17) is 16.3 Å². The van der Waals surface area contributed by atoms with E-state index in [0.717, 1.165) is 39.1 Å². The minimum Gasteiger partial charge on any atom is -0.371 e. The highest BCUT2D eigenvalue weighted by atomic mass is 35.5. The number of hydrogen-bond acceptors (Lipinski definition) is 4. The quantitative estimate of drug-likeness (QED) is 0.657. The van der Waals surface area contributed by atoms with Gasteiger partial charge in [-0.15, -0.1) is 0 Å². The third-order valence-corrected chi connectivity index (χ3v) is 6.79. The van der Waals surface area contributed by atoms with Gasteiger partial charge in [-0.3, -0.25) is 4.90 Å². The third-order valence-electron chi connectivity index (χ3n) is 4.95. The van der Waals surface area contributed by atoms with Crippen molar-refractivity contribution in [2.75, 3.05) is 32.8 Å². The van der Waals surface area contributed by atoms with Crippen molar-refractivity contribution >= 4 is 21.6 Å². The van der Waals surface area contributed by atoms with Gasteiger partial charge in [0.1, 0.15) is 0 Å². The van der Waals surface area contributed by atoms with Crippen LogP contribution in [0.25, 0.3) is 0 Å². The fraction of sp³-hybridized carbons (Fsp3) is 0.429. The molecule has 0 amide bonds. The SMILES string of the molecule is Cc1ccc(Cl)cc1S(=O)(=O)NCCCCN1CCO[C@H](c2ccccc2)C1. The highest BCUT2D eigenvalue weighted by Gasteiger charge is 2.21. The molecule has 3 rings (SSSR count). The molecule has 1 N–H and O–H groups in total. The Labute approximate surface area is 172 Å². The van der Waals surface area contributed by atoms with Gasteiger partial charge in [0.2, 0.25) is 10.0 Å². The van der Waals surface area contributed by atoms with Gasteiger partial charge in [0.25, 0.3) is 0 Å². The summed E-state index contributed by atoms with van der Waals surface area (Å²) in [6.45, 7) is 5.63. The number of aryl methyl sites for hydroxylation is 1. The highest BCUT2D eigenvalue weighted by Crippen LogP contribution is 2.22. The molecule has 28 heavy (non-hydrogen) atoms. The summed E-state index contributed by atoms with van der Waals surface area (Å²) in [5.74, 6) is 0. The monoisotopic (exact) mass is 422 g/mol. The fourth-order valence-electron chi connectivity index (χ4n) is 3.38. The van der Waals surface area contributed by atoms with E-state index in [2.05, 4.69) is 21.8 Å². The molecule has 1 heterocycles. The zero-order chi connectivity index (χ0) is 20.0. The summed E-state index contributed by atoms with van der Waals surface area (Å²) in [7, 11) is -3.53. The third kappa shape index (κ3) is 5.78. The molecule has 0 aliphatic carbocycles. The first-order valence-corrected chi connectivity index (χ1v) is 11.5. The number of rotatable bonds is 8. The van der Waals surface area contributed by atoms with Gasteiger partial charge in [0.15, 0.2) is 0 Å². The lowest BCUT2D eigenvalue weighted by Crippen LogP contribution is -2.39. The van der Waals surface area contributed by atoms with Crippen molar-refractivity contribution in [3.63, 3.8) is 0 Å². The van der Waals surface area contributed by atoms with Crippen LogP contribution in [-0.4, -0.2) is 46.1 Å². The molecule has 1 fully saturated rings. The Morgan fingerprint density at radius 1 is 1.18 bits per heavy atom. The summed E-state index contributed by atoms with van der Waals surface area (Å²) < 4.78 is 33.5. The fourth-order valence-corrected chi connectivity index (χ4v) is 4.96. The largest absolute Gasteiger partial charge is 0.371 e. The second kappa shape index (κ2) is 9.85. The number of unbranched alkanes of at least 4 members (excludes halogenated alkanes) is 1. The Hall–Kier alpha value is -1.44. The van der Waals surface area contributed by atoms with E-state index in [0.29, 0.717) is 17.1 Å². The van der Waals surface area contributed by atoms with Gasteiger partial charge in [0, 0.05) is 24.7 Å². The van der Waals surface area contributed by atoms with Gasteiger partial charge in [-0.05, 0) is 49.6 Å². The predicted molar refractivity (Wildman–Crippen MR) is 112 cm³/mol. The molecule has 0 aromatic heterocycles. The molecule has 2 aromatic rings. The smallest absolute Gasteiger partial charge is 0.240 e. The van der Waals surface area contributed by atoms with Crippen molar-refractivity contribution in [3.8, 4) is 0 Å². The van der Waals surface area contributed by atoms with E-state index in [9.17, 15) is 8.42 Å². The average molecular weight is 423 g/mol. The maximum absolute atomic E-state index is 12.5. The Morgan fingerprint density at radius 2 is 1.96 bits per heavy atom. The van der Waals surface area contributed by atoms with Crippen molar-refractivity contribution in [2.45, 2.75) is 30.8 Å². The topological polar surface area (TPSA) is 58.6 Å². The Bertz CT molecular complexity index is 874. The van der Waals surface area contributed by atoms with Crippen molar-refractivity contribution in [1.29, 1.82) is 0 Å². The number of nitrogens with one attached hydrogen (secondary N) is 1. The Balaban J connectivity index is 1.42. The van der Waals surface area contributed by atoms with Crippen LogP contribution >= 0.6 is 11.6 Å². The van der Waals surface area contributed by atoms with Gasteiger partial charge < -0.3 is 4.74 Å². The summed E-state index contributed by atoms with van der Waals surface area (Å²) in [6.07, 6.45) is 1.82. The van der Waals surface area contributed by atoms with Crippen LogP contribution < -0.4 is 4.72 Å². The van der Waals surface area contributed by atoms with Gasteiger partial charge in [-0.2, -0.15) is 0 Å². The molecule has 1 saturated heterocycles. The second-order valence-electron chi connectivity index (χ2n) is 7.09. The molecule has 1 atom stereocenters. The lowest BCUT2D eigenvalue weighted by Gasteiger charge is -2.33. The summed E-state index contributed by atoms with van der Waals surface area (Å²) in [5.41, 5.74) is 1.90. The number of hydrogen-bond donors (Lipinski definition) is 1. The number of nitrogens with zero attached hydrogens (tertiary/aromatic N) is 1. The van der Waals surface area contributed by atoms with E-state index in [1.807, 2.05) is 18.2 Å². The maximum atomic E-state index is 12.5. The number of halogens is 1. The van der Waals surface area contributed by atoms with Crippen molar-refractivity contribution in [3.05, 3.63) is 64.7 Å². The van der Waals surface area contributed by atoms with Crippen molar-refractivity contribution < 1.29 is 13.2 Å². The molecule has 152 valence electrons. The molecule has 0 bridgehead atoms. The first kappa shape index (κ1) is 21.3. The first-order chi connectivity index (χ1) is 13.5. The number of ether oxygens (including phenoxy) is 1. The number of benzene rings is 2. The van der Waals surface area contributed by atoms with Crippen LogP contribution in [0, 0.1) is 6.92 Å². The van der Waals surface area contributed by atoms with Gasteiger partial charge in [0.05, 0.1) is 17.6 Å². The van der Waals surface area contributed by atoms with E-state index in [1.165, 1.54) is 11.6 Å². The molecular formula is C21H27ClN2O3S. The standard InChI is InChI=1S/C21H27ClN2O3S/c1-17-9-10-19(22)15-21(17)28(25,26)23-11-5-6-12-24-13-14-27-20(16-24)18-7-3-2-4-8-18/h2-4,7-10,15,20,23H,5-6,11-14,16H2,1H3/t20-/m0/s1. The van der Waals surface area contributed by atoms with Crippen LogP contribution in [0.5, 0.6) is 0 Å². The Morgan fingerprint density at radius 3 is 2.75 bits per heavy atom. The van der Waals surface area contributed by atoms with Gasteiger partial charge in [-0.1, -0.05) is 48.0 Å². The highest BCUT2D eigenvalue weighted by molar-refractivity contribution is 7.89. The molecule has 0 radical (unpaired) electrons. The molecule has 7 heteroatoms. The van der Waals surface area contributed by atoms with E-state index in [1.54, 1.807) is 19.1 Å². The molecule has 0 spiro atoms. The lowest BCUT2D eigenvalue weighted by molar-refractivity contribution is -0.0303. The van der Waals surface area contributed by atoms with Crippen LogP contribution in [0.4, 0.5) is 0 Å². The van der Waals surface area contributed by atoms with Crippen LogP contribution in [0.15, 0.2) is 53.4 Å². The molecular weight excluding hydrogens is 396 g/mol. The number of sulfonamides is 1. The van der Waals surface area contributed by atoms with Gasteiger partial charge >= 0.3 is 0 Å². The lowest BCUT2D eigenvalue weighted by atomic mass is 10.1. The minimum atomic E-state index is -3.53. The normalized spacial score (nSPS) is 18.3. The summed E-state index contributed by atoms with van der Waals surface area (Å²) in [5, 5.41) is 0.422. The summed E-state index contributed by atoms with van der Waals surface area (Å²) >= 11 is 5.94. The van der Waals surface area contributed by atoms with E-state index in [-0.39, 0.29) is 11.0 Å². The average Bonchev–Trinajstić information content (AvgIpc) is 2.70. The molecule has 5 nitrogen and oxygen atoms in total. The summed E-state index contributed by atoms with van der Waals surface area (Å²) in [6, 6.07) is 15.2. The second-order valence-corrected chi connectivity index (χ2v) is 9.26. The molecule has 2 aromatic carbocycles. The maximum Gasteiger partial charge on any atom is 0.240 e. The first-order valence-electron chi connectivity index (χ1n) is 9.60. The Kier molecular flexibility index (Phi) is 7.48. The van der Waals surface area contributed by atoms with Crippen LogP contribution in [-0.2, 0) is 14.8 Å². The van der Waals surface area contributed by atoms with Crippen molar-refractivity contribution in [1.82, 2.24) is 9.62 Å². The number of morpholine rings is 1. The van der Waals surface area contributed by atoms with E-state index < -0.39 is 10.0 Å². The van der Waals surface area contributed by atoms with Gasteiger partial charge in [-0.25, -0.2) is 13.1 Å². The predicted octanol–water partition coefficient (Wildman–Crippen LogP) is 3.78. The zero-order valence-corrected chi connectivity index (χ0v) is 17.7. The molecule has 0 saturated carbocycles. The van der Waals surface area contributed by atoms with Crippen LogP contribution in [0.1, 0.15) is 30.1 Å². The minimum absolute atomic E-state index is 0.110. The molecule has 0 unspecified atom stereocenters. The molecule has 1 aliphatic heterocycles. The van der Waals surface area contributed by atoms with Crippen LogP contribution in [0.3, 0.4) is 0 Å².